The first-order valence-corrected chi connectivity index (χ1v) is 10.4. The lowest BCUT2D eigenvalue weighted by atomic mass is 10.1. The molecule has 0 unspecified atom stereocenters. The normalized spacial score (nSPS) is 16.3. The van der Waals surface area contributed by atoms with E-state index in [1.54, 1.807) is 41.3 Å². The van der Waals surface area contributed by atoms with Gasteiger partial charge in [0.25, 0.3) is 5.91 Å². The second-order valence-electron chi connectivity index (χ2n) is 7.30. The molecule has 0 saturated carbocycles. The molecule has 1 fully saturated rings. The number of carbonyl (C=O) groups is 2. The van der Waals surface area contributed by atoms with Gasteiger partial charge in [0, 0.05) is 24.7 Å². The van der Waals surface area contributed by atoms with E-state index in [-0.39, 0.29) is 24.1 Å². The zero-order valence-corrected chi connectivity index (χ0v) is 18.7. The quantitative estimate of drug-likeness (QED) is 0.589. The minimum absolute atomic E-state index is 0.0989. The molecule has 33 heavy (non-hydrogen) atoms. The number of fused-ring (bicyclic) bond motifs is 1. The predicted molar refractivity (Wildman–Crippen MR) is 118 cm³/mol. The minimum Gasteiger partial charge on any atom is -0.493 e. The molecule has 2 aliphatic heterocycles. The molecule has 9 heteroatoms. The predicted octanol–water partition coefficient (Wildman–Crippen LogP) is 2.57. The second kappa shape index (κ2) is 9.83. The Morgan fingerprint density at radius 2 is 1.79 bits per heavy atom. The Morgan fingerprint density at radius 3 is 2.48 bits per heavy atom. The number of Topliss-reactive ketones (excluding diaryl/α,β-unsaturated/α-hetero) is 1. The molecule has 1 saturated heterocycles. The van der Waals surface area contributed by atoms with Crippen molar-refractivity contribution in [1.29, 1.82) is 0 Å². The number of amides is 1. The summed E-state index contributed by atoms with van der Waals surface area (Å²) in [5.41, 5.74) is 1.01. The molecule has 2 aliphatic rings. The van der Waals surface area contributed by atoms with E-state index in [0.717, 1.165) is 0 Å². The van der Waals surface area contributed by atoms with Gasteiger partial charge in [-0.05, 0) is 30.3 Å². The van der Waals surface area contributed by atoms with Crippen LogP contribution in [0.2, 0.25) is 0 Å². The van der Waals surface area contributed by atoms with Crippen LogP contribution in [-0.2, 0) is 9.53 Å². The van der Waals surface area contributed by atoms with E-state index < -0.39 is 0 Å². The molecule has 2 heterocycles. The van der Waals surface area contributed by atoms with Crippen LogP contribution in [0.25, 0.3) is 6.08 Å². The first-order valence-electron chi connectivity index (χ1n) is 10.4. The fraction of sp³-hybridized carbons (Fsp3) is 0.333. The molecule has 0 atom stereocenters. The largest absolute Gasteiger partial charge is 0.493 e. The van der Waals surface area contributed by atoms with Crippen LogP contribution in [0.4, 0.5) is 0 Å². The highest BCUT2D eigenvalue weighted by atomic mass is 16.5. The average molecular weight is 455 g/mol. The van der Waals surface area contributed by atoms with Gasteiger partial charge in [0.2, 0.25) is 11.5 Å². The molecular weight excluding hydrogens is 430 g/mol. The fourth-order valence-corrected chi connectivity index (χ4v) is 3.69. The number of ketones is 1. The maximum atomic E-state index is 12.9. The maximum absolute atomic E-state index is 12.9. The van der Waals surface area contributed by atoms with E-state index in [4.69, 9.17) is 28.4 Å². The number of rotatable bonds is 7. The molecule has 0 N–H and O–H groups in total. The topological polar surface area (TPSA) is 92.8 Å². The van der Waals surface area contributed by atoms with Crippen molar-refractivity contribution in [2.45, 2.75) is 0 Å². The van der Waals surface area contributed by atoms with Gasteiger partial charge in [-0.25, -0.2) is 0 Å². The van der Waals surface area contributed by atoms with Gasteiger partial charge >= 0.3 is 0 Å². The third-order valence-electron chi connectivity index (χ3n) is 5.39. The van der Waals surface area contributed by atoms with Crippen LogP contribution in [-0.4, -0.2) is 70.8 Å². The molecule has 0 bridgehead atoms. The Kier molecular flexibility index (Phi) is 6.69. The van der Waals surface area contributed by atoms with Crippen LogP contribution in [0.1, 0.15) is 15.9 Å². The van der Waals surface area contributed by atoms with E-state index in [1.165, 1.54) is 21.3 Å². The van der Waals surface area contributed by atoms with Crippen molar-refractivity contribution >= 4 is 17.8 Å². The summed E-state index contributed by atoms with van der Waals surface area (Å²) in [5.74, 6) is 1.90. The van der Waals surface area contributed by atoms with Gasteiger partial charge in [-0.3, -0.25) is 9.59 Å². The average Bonchev–Trinajstić information content (AvgIpc) is 3.16. The Balaban J connectivity index is 1.51. The summed E-state index contributed by atoms with van der Waals surface area (Å²) in [7, 11) is 4.55. The van der Waals surface area contributed by atoms with Crippen molar-refractivity contribution in [3.8, 4) is 28.7 Å². The molecule has 0 aliphatic carbocycles. The standard InChI is InChI=1S/C24H25NO8/c1-28-18-7-4-15(23(29-2)24(18)30-3)12-20-22(27)17-6-5-16(13-19(17)33-20)32-14-21(26)25-8-10-31-11-9-25/h4-7,12-13H,8-11,14H2,1-3H3. The van der Waals surface area contributed by atoms with E-state index in [0.29, 0.717) is 66.2 Å². The van der Waals surface area contributed by atoms with Gasteiger partial charge in [-0.1, -0.05) is 0 Å². The number of allylic oxidation sites excluding steroid dienone is 1. The van der Waals surface area contributed by atoms with E-state index in [9.17, 15) is 9.59 Å². The zero-order chi connectivity index (χ0) is 23.4. The number of carbonyl (C=O) groups excluding carboxylic acids is 2. The molecular formula is C24H25NO8. The molecule has 2 aromatic carbocycles. The maximum Gasteiger partial charge on any atom is 0.260 e. The van der Waals surface area contributed by atoms with Gasteiger partial charge < -0.3 is 33.3 Å². The number of ether oxygens (including phenoxy) is 6. The van der Waals surface area contributed by atoms with E-state index in [2.05, 4.69) is 0 Å². The number of benzene rings is 2. The van der Waals surface area contributed by atoms with Crippen LogP contribution < -0.4 is 23.7 Å². The zero-order valence-electron chi connectivity index (χ0n) is 18.7. The van der Waals surface area contributed by atoms with Gasteiger partial charge in [0.15, 0.2) is 23.9 Å². The second-order valence-corrected chi connectivity index (χ2v) is 7.30. The summed E-state index contributed by atoms with van der Waals surface area (Å²) in [5, 5.41) is 0. The third kappa shape index (κ3) is 4.58. The summed E-state index contributed by atoms with van der Waals surface area (Å²) in [6.45, 7) is 2.06. The molecule has 174 valence electrons. The third-order valence-corrected chi connectivity index (χ3v) is 5.39. The summed E-state index contributed by atoms with van der Waals surface area (Å²) in [6.07, 6.45) is 1.59. The van der Waals surface area contributed by atoms with Crippen LogP contribution in [0.5, 0.6) is 28.7 Å². The highest BCUT2D eigenvalue weighted by molar-refractivity contribution is 6.14. The van der Waals surface area contributed by atoms with Crippen molar-refractivity contribution in [2.75, 3.05) is 54.2 Å². The van der Waals surface area contributed by atoms with Gasteiger partial charge in [-0.15, -0.1) is 0 Å². The molecule has 2 aromatic rings. The highest BCUT2D eigenvalue weighted by Gasteiger charge is 2.29. The smallest absolute Gasteiger partial charge is 0.260 e. The van der Waals surface area contributed by atoms with Gasteiger partial charge in [0.05, 0.1) is 40.1 Å². The lowest BCUT2D eigenvalue weighted by Crippen LogP contribution is -2.42. The highest BCUT2D eigenvalue weighted by Crippen LogP contribution is 2.42. The molecule has 4 rings (SSSR count). The Morgan fingerprint density at radius 1 is 1.03 bits per heavy atom. The monoisotopic (exact) mass is 455 g/mol. The molecule has 0 radical (unpaired) electrons. The minimum atomic E-state index is -0.266. The van der Waals surface area contributed by atoms with E-state index >= 15 is 0 Å². The van der Waals surface area contributed by atoms with E-state index in [1.807, 2.05) is 0 Å². The number of hydrogen-bond acceptors (Lipinski definition) is 8. The first kappa shape index (κ1) is 22.5. The summed E-state index contributed by atoms with van der Waals surface area (Å²) in [6, 6.07) is 8.34. The van der Waals surface area contributed by atoms with Crippen LogP contribution in [0.15, 0.2) is 36.1 Å². The van der Waals surface area contributed by atoms with Gasteiger partial charge in [-0.2, -0.15) is 0 Å². The molecule has 0 aromatic heterocycles. The van der Waals surface area contributed by atoms with Crippen LogP contribution in [0, 0.1) is 0 Å². The summed E-state index contributed by atoms with van der Waals surface area (Å²) in [4.78, 5) is 26.9. The fourth-order valence-electron chi connectivity index (χ4n) is 3.69. The van der Waals surface area contributed by atoms with Gasteiger partial charge in [0.1, 0.15) is 11.5 Å². The van der Waals surface area contributed by atoms with Crippen LogP contribution >= 0.6 is 0 Å². The SMILES string of the molecule is COc1ccc(C=C2Oc3cc(OCC(=O)N4CCOCC4)ccc3C2=O)c(OC)c1OC. The number of methoxy groups -OCH3 is 3. The van der Waals surface area contributed by atoms with Crippen molar-refractivity contribution in [3.05, 3.63) is 47.2 Å². The van der Waals surface area contributed by atoms with Crippen LogP contribution in [0.3, 0.4) is 0 Å². The van der Waals surface area contributed by atoms with Crippen molar-refractivity contribution < 1.29 is 38.0 Å². The molecule has 0 spiro atoms. The van der Waals surface area contributed by atoms with Crippen molar-refractivity contribution in [2.24, 2.45) is 0 Å². The number of morpholine rings is 1. The lowest BCUT2D eigenvalue weighted by molar-refractivity contribution is -0.137. The van der Waals surface area contributed by atoms with Crippen molar-refractivity contribution in [3.63, 3.8) is 0 Å². The summed E-state index contributed by atoms with van der Waals surface area (Å²) >= 11 is 0. The summed E-state index contributed by atoms with van der Waals surface area (Å²) < 4.78 is 32.9. The van der Waals surface area contributed by atoms with Crippen molar-refractivity contribution in [1.82, 2.24) is 4.90 Å². The number of hydrogen-bond donors (Lipinski definition) is 0. The Labute approximate surface area is 191 Å². The first-order chi connectivity index (χ1) is 16.0. The lowest BCUT2D eigenvalue weighted by Gasteiger charge is -2.26. The number of nitrogens with zero attached hydrogens (tertiary/aromatic N) is 1. The Hall–Kier alpha value is -3.72. The molecule has 9 nitrogen and oxygen atoms in total. The Bertz CT molecular complexity index is 1090. The molecule has 1 amide bonds.